The van der Waals surface area contributed by atoms with Crippen molar-refractivity contribution in [3.63, 3.8) is 0 Å². The maximum Gasteiger partial charge on any atom is 0.271 e. The molecule has 0 unspecified atom stereocenters. The fourth-order valence-electron chi connectivity index (χ4n) is 2.23. The second-order valence-corrected chi connectivity index (χ2v) is 6.97. The molecular formula is C20H25N3O3. The summed E-state index contributed by atoms with van der Waals surface area (Å²) in [5, 5.41) is 0. The van der Waals surface area contributed by atoms with Crippen molar-refractivity contribution in [2.75, 3.05) is 6.61 Å². The molecule has 2 amide bonds. The maximum atomic E-state index is 11.8. The maximum absolute atomic E-state index is 11.8. The normalized spacial score (nSPS) is 10.9. The summed E-state index contributed by atoms with van der Waals surface area (Å²) in [4.78, 5) is 27.4. The molecule has 0 saturated heterocycles. The molecule has 1 aromatic heterocycles. The summed E-state index contributed by atoms with van der Waals surface area (Å²) in [6.45, 7) is 6.91. The molecule has 6 nitrogen and oxygen atoms in total. The van der Waals surface area contributed by atoms with Crippen LogP contribution in [0.5, 0.6) is 5.75 Å². The molecule has 1 heterocycles. The van der Waals surface area contributed by atoms with Gasteiger partial charge in [0.25, 0.3) is 5.91 Å². The highest BCUT2D eigenvalue weighted by molar-refractivity contribution is 5.94. The molecule has 2 rings (SSSR count). The van der Waals surface area contributed by atoms with Gasteiger partial charge in [-0.15, -0.1) is 0 Å². The number of nitrogens with zero attached hydrogens (tertiary/aromatic N) is 1. The summed E-state index contributed by atoms with van der Waals surface area (Å²) in [5.74, 6) is 0.110. The van der Waals surface area contributed by atoms with Crippen molar-refractivity contribution in [2.24, 2.45) is 0 Å². The van der Waals surface area contributed by atoms with Crippen molar-refractivity contribution in [2.45, 2.75) is 39.0 Å². The van der Waals surface area contributed by atoms with Crippen LogP contribution < -0.4 is 15.6 Å². The zero-order chi connectivity index (χ0) is 19.0. The van der Waals surface area contributed by atoms with Gasteiger partial charge in [-0.3, -0.25) is 25.4 Å². The zero-order valence-corrected chi connectivity index (χ0v) is 15.4. The monoisotopic (exact) mass is 355 g/mol. The molecule has 138 valence electrons. The predicted octanol–water partition coefficient (Wildman–Crippen LogP) is 3.00. The molecule has 1 aromatic carbocycles. The van der Waals surface area contributed by atoms with Crippen molar-refractivity contribution >= 4 is 11.8 Å². The van der Waals surface area contributed by atoms with Crippen LogP contribution >= 0.6 is 0 Å². The molecule has 2 N–H and O–H groups in total. The van der Waals surface area contributed by atoms with E-state index in [1.54, 1.807) is 18.3 Å². The third-order valence-electron chi connectivity index (χ3n) is 3.78. The minimum atomic E-state index is -0.401. The van der Waals surface area contributed by atoms with E-state index in [1.165, 1.54) is 11.8 Å². The number of amides is 2. The summed E-state index contributed by atoms with van der Waals surface area (Å²) in [6.07, 6.45) is 3.81. The molecule has 0 aliphatic heterocycles. The largest absolute Gasteiger partial charge is 0.494 e. The first-order chi connectivity index (χ1) is 12.4. The van der Waals surface area contributed by atoms with Gasteiger partial charge >= 0.3 is 0 Å². The van der Waals surface area contributed by atoms with Crippen LogP contribution in [0.3, 0.4) is 0 Å². The van der Waals surface area contributed by atoms with E-state index >= 15 is 0 Å². The fraction of sp³-hybridized carbons (Fsp3) is 0.350. The van der Waals surface area contributed by atoms with Crippen molar-refractivity contribution in [1.29, 1.82) is 0 Å². The van der Waals surface area contributed by atoms with E-state index in [1.807, 2.05) is 12.1 Å². The molecule has 0 bridgehead atoms. The fourth-order valence-corrected chi connectivity index (χ4v) is 2.23. The Hall–Kier alpha value is -2.89. The van der Waals surface area contributed by atoms with Crippen LogP contribution in [0, 0.1) is 0 Å². The van der Waals surface area contributed by atoms with Crippen LogP contribution in [-0.2, 0) is 10.2 Å². The zero-order valence-electron chi connectivity index (χ0n) is 15.4. The SMILES string of the molecule is CC(C)(C)c1ccc(OCCCC(=O)NNC(=O)c2cccnc2)cc1. The van der Waals surface area contributed by atoms with Crippen LogP contribution in [0.4, 0.5) is 0 Å². The number of carbonyl (C=O) groups is 2. The molecule has 0 saturated carbocycles. The van der Waals surface area contributed by atoms with E-state index in [0.29, 0.717) is 18.6 Å². The van der Waals surface area contributed by atoms with E-state index < -0.39 is 5.91 Å². The number of rotatable bonds is 6. The van der Waals surface area contributed by atoms with E-state index in [4.69, 9.17) is 4.74 Å². The first kappa shape index (κ1) is 19.4. The van der Waals surface area contributed by atoms with E-state index in [2.05, 4.69) is 48.7 Å². The Kier molecular flexibility index (Phi) is 6.72. The smallest absolute Gasteiger partial charge is 0.271 e. The number of hydrogen-bond acceptors (Lipinski definition) is 4. The molecule has 0 fully saturated rings. The standard InChI is InChI=1S/C20H25N3O3/c1-20(2,3)16-8-10-17(11-9-16)26-13-5-7-18(24)22-23-19(25)15-6-4-12-21-14-15/h4,6,8-12,14H,5,7,13H2,1-3H3,(H,22,24)(H,23,25). The number of aromatic nitrogens is 1. The summed E-state index contributed by atoms with van der Waals surface area (Å²) in [7, 11) is 0. The lowest BCUT2D eigenvalue weighted by Gasteiger charge is -2.19. The van der Waals surface area contributed by atoms with Crippen molar-refractivity contribution in [3.05, 3.63) is 59.9 Å². The average molecular weight is 355 g/mol. The molecule has 0 spiro atoms. The number of benzene rings is 1. The van der Waals surface area contributed by atoms with E-state index in [0.717, 1.165) is 5.75 Å². The van der Waals surface area contributed by atoms with Crippen LogP contribution in [0.25, 0.3) is 0 Å². The summed E-state index contributed by atoms with van der Waals surface area (Å²) in [6, 6.07) is 11.3. The van der Waals surface area contributed by atoms with Gasteiger partial charge in [0.1, 0.15) is 5.75 Å². The molecule has 6 heteroatoms. The molecule has 0 radical (unpaired) electrons. The van der Waals surface area contributed by atoms with Gasteiger partial charge in [0.2, 0.25) is 5.91 Å². The van der Waals surface area contributed by atoms with Crippen LogP contribution in [0.15, 0.2) is 48.8 Å². The molecule has 2 aromatic rings. The van der Waals surface area contributed by atoms with Crippen LogP contribution in [0.2, 0.25) is 0 Å². The van der Waals surface area contributed by atoms with E-state index in [9.17, 15) is 9.59 Å². The van der Waals surface area contributed by atoms with E-state index in [-0.39, 0.29) is 17.7 Å². The lowest BCUT2D eigenvalue weighted by atomic mass is 9.87. The van der Waals surface area contributed by atoms with Crippen LogP contribution in [-0.4, -0.2) is 23.4 Å². The molecule has 0 atom stereocenters. The van der Waals surface area contributed by atoms with Gasteiger partial charge in [-0.2, -0.15) is 0 Å². The van der Waals surface area contributed by atoms with Gasteiger partial charge in [-0.25, -0.2) is 0 Å². The highest BCUT2D eigenvalue weighted by Gasteiger charge is 2.13. The second-order valence-electron chi connectivity index (χ2n) is 6.97. The highest BCUT2D eigenvalue weighted by Crippen LogP contribution is 2.24. The second kappa shape index (κ2) is 8.99. The summed E-state index contributed by atoms with van der Waals surface area (Å²) in [5.41, 5.74) is 6.48. The number of ether oxygens (including phenoxy) is 1. The summed E-state index contributed by atoms with van der Waals surface area (Å²) < 4.78 is 5.64. The number of pyridine rings is 1. The predicted molar refractivity (Wildman–Crippen MR) is 99.7 cm³/mol. The topological polar surface area (TPSA) is 80.3 Å². The van der Waals surface area contributed by atoms with Gasteiger partial charge < -0.3 is 4.74 Å². The first-order valence-corrected chi connectivity index (χ1v) is 8.59. The Balaban J connectivity index is 1.65. The Morgan fingerprint density at radius 3 is 2.42 bits per heavy atom. The van der Waals surface area contributed by atoms with Gasteiger partial charge in [0.05, 0.1) is 12.2 Å². The molecule has 0 aliphatic carbocycles. The first-order valence-electron chi connectivity index (χ1n) is 8.59. The third-order valence-corrected chi connectivity index (χ3v) is 3.78. The molecule has 26 heavy (non-hydrogen) atoms. The highest BCUT2D eigenvalue weighted by atomic mass is 16.5. The van der Waals surface area contributed by atoms with Gasteiger partial charge in [0.15, 0.2) is 0 Å². The van der Waals surface area contributed by atoms with Gasteiger partial charge in [0, 0.05) is 18.8 Å². The quantitative estimate of drug-likeness (QED) is 0.617. The molecular weight excluding hydrogens is 330 g/mol. The number of nitrogens with one attached hydrogen (secondary N) is 2. The Labute approximate surface area is 153 Å². The Morgan fingerprint density at radius 2 is 1.81 bits per heavy atom. The lowest BCUT2D eigenvalue weighted by Crippen LogP contribution is -2.41. The number of hydrogen-bond donors (Lipinski definition) is 2. The molecule has 0 aliphatic rings. The van der Waals surface area contributed by atoms with Crippen molar-refractivity contribution in [1.82, 2.24) is 15.8 Å². The van der Waals surface area contributed by atoms with Gasteiger partial charge in [-0.05, 0) is 41.7 Å². The Morgan fingerprint density at radius 1 is 1.08 bits per heavy atom. The number of carbonyl (C=O) groups excluding carboxylic acids is 2. The minimum Gasteiger partial charge on any atom is -0.494 e. The third kappa shape index (κ3) is 6.20. The van der Waals surface area contributed by atoms with Gasteiger partial charge in [-0.1, -0.05) is 32.9 Å². The van der Waals surface area contributed by atoms with Crippen LogP contribution in [0.1, 0.15) is 49.5 Å². The average Bonchev–Trinajstić information content (AvgIpc) is 2.63. The summed E-state index contributed by atoms with van der Waals surface area (Å²) >= 11 is 0. The van der Waals surface area contributed by atoms with Crippen molar-refractivity contribution in [3.8, 4) is 5.75 Å². The lowest BCUT2D eigenvalue weighted by molar-refractivity contribution is -0.122. The van der Waals surface area contributed by atoms with Crippen molar-refractivity contribution < 1.29 is 14.3 Å². The minimum absolute atomic E-state index is 0.108. The Bertz CT molecular complexity index is 722. The number of hydrazine groups is 1.